The summed E-state index contributed by atoms with van der Waals surface area (Å²) < 4.78 is 1.91. The van der Waals surface area contributed by atoms with Crippen LogP contribution >= 0.6 is 0 Å². The van der Waals surface area contributed by atoms with Gasteiger partial charge in [-0.25, -0.2) is 4.68 Å². The molecule has 0 saturated carbocycles. The van der Waals surface area contributed by atoms with Gasteiger partial charge in [0.25, 0.3) is 0 Å². The summed E-state index contributed by atoms with van der Waals surface area (Å²) in [4.78, 5) is 2.48. The van der Waals surface area contributed by atoms with E-state index in [4.69, 9.17) is 5.11 Å². The van der Waals surface area contributed by atoms with E-state index in [1.54, 1.807) is 0 Å². The SMILES string of the molecule is CCCN1CCC[C@@H](n2cc(CO)nn2)C1. The van der Waals surface area contributed by atoms with Crippen molar-refractivity contribution >= 4 is 0 Å². The Bertz CT molecular complexity index is 324. The quantitative estimate of drug-likeness (QED) is 0.822. The Labute approximate surface area is 96.1 Å². The molecule has 0 aromatic carbocycles. The first kappa shape index (κ1) is 11.5. The molecule has 0 amide bonds. The van der Waals surface area contributed by atoms with Crippen LogP contribution in [0.1, 0.15) is 37.9 Å². The molecule has 0 unspecified atom stereocenters. The predicted molar refractivity (Wildman–Crippen MR) is 60.9 cm³/mol. The summed E-state index contributed by atoms with van der Waals surface area (Å²) >= 11 is 0. The highest BCUT2D eigenvalue weighted by atomic mass is 16.3. The van der Waals surface area contributed by atoms with Gasteiger partial charge in [-0.1, -0.05) is 12.1 Å². The molecule has 16 heavy (non-hydrogen) atoms. The normalized spacial score (nSPS) is 22.5. The minimum atomic E-state index is -0.0224. The monoisotopic (exact) mass is 224 g/mol. The van der Waals surface area contributed by atoms with Gasteiger partial charge in [0.1, 0.15) is 5.69 Å². The van der Waals surface area contributed by atoms with Crippen LogP contribution in [-0.4, -0.2) is 44.6 Å². The molecule has 1 aromatic heterocycles. The zero-order chi connectivity index (χ0) is 11.4. The maximum atomic E-state index is 8.96. The number of hydrogen-bond donors (Lipinski definition) is 1. The molecule has 1 N–H and O–H groups in total. The minimum Gasteiger partial charge on any atom is -0.390 e. The number of aromatic nitrogens is 3. The number of hydrogen-bond acceptors (Lipinski definition) is 4. The highest BCUT2D eigenvalue weighted by molar-refractivity contribution is 4.91. The van der Waals surface area contributed by atoms with Crippen molar-refractivity contribution in [2.24, 2.45) is 0 Å². The molecule has 1 aliphatic heterocycles. The van der Waals surface area contributed by atoms with Crippen LogP contribution in [0.3, 0.4) is 0 Å². The number of piperidine rings is 1. The maximum absolute atomic E-state index is 8.96. The van der Waals surface area contributed by atoms with Gasteiger partial charge in [-0.15, -0.1) is 5.10 Å². The molecule has 0 bridgehead atoms. The van der Waals surface area contributed by atoms with E-state index in [-0.39, 0.29) is 6.61 Å². The molecule has 0 aliphatic carbocycles. The average molecular weight is 224 g/mol. The first-order valence-corrected chi connectivity index (χ1v) is 6.07. The van der Waals surface area contributed by atoms with Gasteiger partial charge in [0.2, 0.25) is 0 Å². The van der Waals surface area contributed by atoms with E-state index < -0.39 is 0 Å². The Morgan fingerprint density at radius 2 is 2.44 bits per heavy atom. The van der Waals surface area contributed by atoms with E-state index in [2.05, 4.69) is 22.1 Å². The van der Waals surface area contributed by atoms with E-state index in [1.165, 1.54) is 19.4 Å². The first-order valence-electron chi connectivity index (χ1n) is 6.07. The maximum Gasteiger partial charge on any atom is 0.108 e. The van der Waals surface area contributed by atoms with Crippen LogP contribution < -0.4 is 0 Å². The van der Waals surface area contributed by atoms with Gasteiger partial charge >= 0.3 is 0 Å². The zero-order valence-corrected chi connectivity index (χ0v) is 9.84. The van der Waals surface area contributed by atoms with Crippen LogP contribution in [-0.2, 0) is 6.61 Å². The second-order valence-corrected chi connectivity index (χ2v) is 4.44. The molecule has 1 aromatic rings. The van der Waals surface area contributed by atoms with E-state index in [9.17, 15) is 0 Å². The highest BCUT2D eigenvalue weighted by Crippen LogP contribution is 2.20. The van der Waals surface area contributed by atoms with Gasteiger partial charge in [-0.2, -0.15) is 0 Å². The highest BCUT2D eigenvalue weighted by Gasteiger charge is 2.21. The second kappa shape index (κ2) is 5.41. The summed E-state index contributed by atoms with van der Waals surface area (Å²) in [6.07, 6.45) is 5.44. The summed E-state index contributed by atoms with van der Waals surface area (Å²) in [5.41, 5.74) is 0.660. The van der Waals surface area contributed by atoms with Gasteiger partial charge in [0.15, 0.2) is 0 Å². The van der Waals surface area contributed by atoms with Crippen molar-refractivity contribution in [1.82, 2.24) is 19.9 Å². The van der Waals surface area contributed by atoms with Crippen LogP contribution in [0.4, 0.5) is 0 Å². The largest absolute Gasteiger partial charge is 0.390 e. The van der Waals surface area contributed by atoms with Crippen LogP contribution in [0.5, 0.6) is 0 Å². The Hall–Kier alpha value is -0.940. The lowest BCUT2D eigenvalue weighted by molar-refractivity contribution is 0.169. The molecule has 1 atom stereocenters. The molecule has 1 saturated heterocycles. The van der Waals surface area contributed by atoms with E-state index in [1.807, 2.05) is 10.9 Å². The Balaban J connectivity index is 1.98. The number of likely N-dealkylation sites (tertiary alicyclic amines) is 1. The minimum absolute atomic E-state index is 0.0224. The molecule has 90 valence electrons. The fraction of sp³-hybridized carbons (Fsp3) is 0.818. The van der Waals surface area contributed by atoms with Crippen molar-refractivity contribution in [1.29, 1.82) is 0 Å². The lowest BCUT2D eigenvalue weighted by Gasteiger charge is -2.32. The molecular weight excluding hydrogens is 204 g/mol. The van der Waals surface area contributed by atoms with Gasteiger partial charge in [0.05, 0.1) is 18.8 Å². The van der Waals surface area contributed by atoms with Crippen LogP contribution in [0.15, 0.2) is 6.20 Å². The third-order valence-corrected chi connectivity index (χ3v) is 3.11. The van der Waals surface area contributed by atoms with Crippen LogP contribution in [0.2, 0.25) is 0 Å². The summed E-state index contributed by atoms with van der Waals surface area (Å²) in [6, 6.07) is 0.424. The Kier molecular flexibility index (Phi) is 3.90. The van der Waals surface area contributed by atoms with Crippen molar-refractivity contribution < 1.29 is 5.11 Å². The summed E-state index contributed by atoms with van der Waals surface area (Å²) in [5.74, 6) is 0. The van der Waals surface area contributed by atoms with Crippen molar-refractivity contribution in [2.45, 2.75) is 38.8 Å². The van der Waals surface area contributed by atoms with E-state index >= 15 is 0 Å². The molecule has 1 aliphatic rings. The third kappa shape index (κ3) is 2.59. The van der Waals surface area contributed by atoms with Gasteiger partial charge in [-0.05, 0) is 32.4 Å². The smallest absolute Gasteiger partial charge is 0.108 e. The first-order chi connectivity index (χ1) is 7.83. The molecule has 5 heteroatoms. The third-order valence-electron chi connectivity index (χ3n) is 3.11. The van der Waals surface area contributed by atoms with Crippen molar-refractivity contribution in [3.05, 3.63) is 11.9 Å². The molecule has 5 nitrogen and oxygen atoms in total. The molecule has 0 spiro atoms. The fourth-order valence-electron chi connectivity index (χ4n) is 2.33. The zero-order valence-electron chi connectivity index (χ0n) is 9.84. The van der Waals surface area contributed by atoms with Gasteiger partial charge < -0.3 is 10.0 Å². The number of aliphatic hydroxyl groups is 1. The van der Waals surface area contributed by atoms with Crippen LogP contribution in [0, 0.1) is 0 Å². The summed E-state index contributed by atoms with van der Waals surface area (Å²) in [7, 11) is 0. The molecule has 2 rings (SSSR count). The van der Waals surface area contributed by atoms with E-state index in [0.717, 1.165) is 19.5 Å². The number of nitrogens with zero attached hydrogens (tertiary/aromatic N) is 4. The predicted octanol–water partition coefficient (Wildman–Crippen LogP) is 0.817. The number of aliphatic hydroxyl groups excluding tert-OH is 1. The average Bonchev–Trinajstić information content (AvgIpc) is 2.78. The molecular formula is C11H20N4O. The van der Waals surface area contributed by atoms with Crippen molar-refractivity contribution in [3.63, 3.8) is 0 Å². The lowest BCUT2D eigenvalue weighted by Crippen LogP contribution is -2.37. The van der Waals surface area contributed by atoms with Gasteiger partial charge in [-0.3, -0.25) is 0 Å². The lowest BCUT2D eigenvalue weighted by atomic mass is 10.1. The topological polar surface area (TPSA) is 54.2 Å². The molecule has 1 fully saturated rings. The summed E-state index contributed by atoms with van der Waals surface area (Å²) in [5, 5.41) is 17.0. The van der Waals surface area contributed by atoms with Crippen LogP contribution in [0.25, 0.3) is 0 Å². The van der Waals surface area contributed by atoms with Crippen molar-refractivity contribution in [2.75, 3.05) is 19.6 Å². The number of rotatable bonds is 4. The summed E-state index contributed by atoms with van der Waals surface area (Å²) in [6.45, 7) is 5.61. The fourth-order valence-corrected chi connectivity index (χ4v) is 2.33. The Morgan fingerprint density at radius 1 is 1.56 bits per heavy atom. The Morgan fingerprint density at radius 3 is 3.12 bits per heavy atom. The van der Waals surface area contributed by atoms with E-state index in [0.29, 0.717) is 11.7 Å². The molecule has 0 radical (unpaired) electrons. The second-order valence-electron chi connectivity index (χ2n) is 4.44. The van der Waals surface area contributed by atoms with Crippen molar-refractivity contribution in [3.8, 4) is 0 Å². The van der Waals surface area contributed by atoms with Gasteiger partial charge in [0, 0.05) is 6.54 Å². The molecule has 2 heterocycles. The standard InChI is InChI=1S/C11H20N4O/c1-2-5-14-6-3-4-11(8-14)15-7-10(9-16)12-13-15/h7,11,16H,2-6,8-9H2,1H3/t11-/m1/s1.